The third-order valence-electron chi connectivity index (χ3n) is 5.11. The smallest absolute Gasteiger partial charge is 0.231 e. The third-order valence-corrected chi connectivity index (χ3v) is 5.11. The van der Waals surface area contributed by atoms with Crippen LogP contribution in [0.5, 0.6) is 11.5 Å². The van der Waals surface area contributed by atoms with E-state index >= 15 is 0 Å². The van der Waals surface area contributed by atoms with Crippen LogP contribution in [0, 0.1) is 0 Å². The Kier molecular flexibility index (Phi) is 3.51. The molecule has 3 nitrogen and oxygen atoms in total. The maximum atomic E-state index is 6.60. The number of hydrogen-bond donors (Lipinski definition) is 0. The minimum absolute atomic E-state index is 0.259. The summed E-state index contributed by atoms with van der Waals surface area (Å²) in [6.45, 7) is 4.45. The van der Waals surface area contributed by atoms with Gasteiger partial charge in [-0.2, -0.15) is 0 Å². The molecular weight excluding hydrogens is 336 g/mol. The van der Waals surface area contributed by atoms with E-state index < -0.39 is 5.60 Å². The van der Waals surface area contributed by atoms with Crippen molar-refractivity contribution in [1.82, 2.24) is 0 Å². The second-order valence-corrected chi connectivity index (χ2v) is 7.30. The second-order valence-electron chi connectivity index (χ2n) is 7.30. The molecular formula is C24H20O3. The molecule has 0 aliphatic carbocycles. The molecule has 0 radical (unpaired) electrons. The molecule has 0 aromatic heterocycles. The SMILES string of the molecule is CC1(C)OC(c2ccccc2)=C(c2ccccc2)c2cc3c(cc21)OCO3. The zero-order valence-electron chi connectivity index (χ0n) is 15.4. The van der Waals surface area contributed by atoms with Crippen LogP contribution in [0.2, 0.25) is 0 Å². The maximum absolute atomic E-state index is 6.60. The zero-order valence-corrected chi connectivity index (χ0v) is 15.4. The van der Waals surface area contributed by atoms with E-state index in [0.29, 0.717) is 0 Å². The van der Waals surface area contributed by atoms with Gasteiger partial charge in [-0.25, -0.2) is 0 Å². The predicted molar refractivity (Wildman–Crippen MR) is 105 cm³/mol. The summed E-state index contributed by atoms with van der Waals surface area (Å²) in [5.41, 5.74) is 5.00. The molecule has 0 saturated heterocycles. The van der Waals surface area contributed by atoms with Gasteiger partial charge in [-0.1, -0.05) is 60.7 Å². The van der Waals surface area contributed by atoms with E-state index in [1.807, 2.05) is 24.3 Å². The van der Waals surface area contributed by atoms with Crippen molar-refractivity contribution in [3.8, 4) is 11.5 Å². The normalized spacial score (nSPS) is 16.7. The number of ether oxygens (including phenoxy) is 3. The maximum Gasteiger partial charge on any atom is 0.231 e. The number of rotatable bonds is 2. The van der Waals surface area contributed by atoms with Gasteiger partial charge in [0, 0.05) is 16.7 Å². The third kappa shape index (κ3) is 2.58. The molecule has 2 heterocycles. The molecule has 134 valence electrons. The summed E-state index contributed by atoms with van der Waals surface area (Å²) in [4.78, 5) is 0. The largest absolute Gasteiger partial charge is 0.482 e. The summed E-state index contributed by atoms with van der Waals surface area (Å²) in [6.07, 6.45) is 0. The highest BCUT2D eigenvalue weighted by Crippen LogP contribution is 2.50. The Bertz CT molecular complexity index is 1030. The first kappa shape index (κ1) is 16.0. The molecule has 3 aromatic carbocycles. The summed E-state index contributed by atoms with van der Waals surface area (Å²) in [5.74, 6) is 2.45. The van der Waals surface area contributed by atoms with Gasteiger partial charge in [-0.15, -0.1) is 0 Å². The van der Waals surface area contributed by atoms with E-state index in [0.717, 1.165) is 45.1 Å². The van der Waals surface area contributed by atoms with E-state index in [2.05, 4.69) is 62.4 Å². The van der Waals surface area contributed by atoms with Crippen molar-refractivity contribution in [3.05, 3.63) is 95.1 Å². The summed E-state index contributed by atoms with van der Waals surface area (Å²) in [7, 11) is 0. The fraction of sp³-hybridized carbons (Fsp3) is 0.167. The van der Waals surface area contributed by atoms with Crippen LogP contribution in [0.1, 0.15) is 36.1 Å². The van der Waals surface area contributed by atoms with Crippen molar-refractivity contribution in [2.45, 2.75) is 19.4 Å². The summed E-state index contributed by atoms with van der Waals surface area (Å²) in [6, 6.07) is 24.8. The highest BCUT2D eigenvalue weighted by molar-refractivity contribution is 5.99. The quantitative estimate of drug-likeness (QED) is 0.598. The predicted octanol–water partition coefficient (Wildman–Crippen LogP) is 5.60. The summed E-state index contributed by atoms with van der Waals surface area (Å²) >= 11 is 0. The molecule has 2 aliphatic rings. The lowest BCUT2D eigenvalue weighted by molar-refractivity contribution is 0.0719. The van der Waals surface area contributed by atoms with Gasteiger partial charge < -0.3 is 14.2 Å². The Morgan fingerprint density at radius 1 is 0.741 bits per heavy atom. The van der Waals surface area contributed by atoms with Crippen LogP contribution in [0.3, 0.4) is 0 Å². The number of benzene rings is 3. The Balaban J connectivity index is 1.84. The van der Waals surface area contributed by atoms with Crippen LogP contribution >= 0.6 is 0 Å². The Morgan fingerprint density at radius 2 is 1.33 bits per heavy atom. The Hall–Kier alpha value is -3.20. The lowest BCUT2D eigenvalue weighted by atomic mass is 9.82. The first-order chi connectivity index (χ1) is 13.1. The molecule has 0 bridgehead atoms. The molecule has 27 heavy (non-hydrogen) atoms. The summed E-state index contributed by atoms with van der Waals surface area (Å²) < 4.78 is 17.9. The molecule has 2 aliphatic heterocycles. The molecule has 3 heteroatoms. The number of fused-ring (bicyclic) bond motifs is 2. The lowest BCUT2D eigenvalue weighted by Gasteiger charge is -2.37. The van der Waals surface area contributed by atoms with Crippen LogP contribution < -0.4 is 9.47 Å². The zero-order chi connectivity index (χ0) is 18.4. The second kappa shape index (κ2) is 5.92. The first-order valence-electron chi connectivity index (χ1n) is 9.12. The lowest BCUT2D eigenvalue weighted by Crippen LogP contribution is -2.27. The van der Waals surface area contributed by atoms with Crippen molar-refractivity contribution in [2.24, 2.45) is 0 Å². The van der Waals surface area contributed by atoms with Gasteiger partial charge in [0.15, 0.2) is 11.5 Å². The molecule has 0 fully saturated rings. The van der Waals surface area contributed by atoms with Gasteiger partial charge in [0.1, 0.15) is 11.4 Å². The molecule has 5 rings (SSSR count). The minimum atomic E-state index is -0.486. The molecule has 0 amide bonds. The number of hydrogen-bond acceptors (Lipinski definition) is 3. The van der Waals surface area contributed by atoms with Gasteiger partial charge in [0.05, 0.1) is 0 Å². The van der Waals surface area contributed by atoms with Gasteiger partial charge in [0.25, 0.3) is 0 Å². The van der Waals surface area contributed by atoms with Gasteiger partial charge in [-0.3, -0.25) is 0 Å². The van der Waals surface area contributed by atoms with E-state index in [-0.39, 0.29) is 6.79 Å². The van der Waals surface area contributed by atoms with E-state index in [1.165, 1.54) is 0 Å². The standard InChI is InChI=1S/C24H20O3/c1-24(2)19-14-21-20(25-15-26-21)13-18(19)22(16-9-5-3-6-10-16)23(27-24)17-11-7-4-8-12-17/h3-14H,15H2,1-2H3. The van der Waals surface area contributed by atoms with Gasteiger partial charge >= 0.3 is 0 Å². The van der Waals surface area contributed by atoms with Crippen LogP contribution in [-0.2, 0) is 10.3 Å². The van der Waals surface area contributed by atoms with Gasteiger partial charge in [0.2, 0.25) is 6.79 Å². The van der Waals surface area contributed by atoms with E-state index in [4.69, 9.17) is 14.2 Å². The van der Waals surface area contributed by atoms with Crippen LogP contribution in [0.25, 0.3) is 11.3 Å². The highest BCUT2D eigenvalue weighted by Gasteiger charge is 2.37. The Labute approximate surface area is 158 Å². The minimum Gasteiger partial charge on any atom is -0.482 e. The fourth-order valence-electron chi connectivity index (χ4n) is 3.81. The van der Waals surface area contributed by atoms with Crippen LogP contribution in [0.15, 0.2) is 72.8 Å². The topological polar surface area (TPSA) is 27.7 Å². The van der Waals surface area contributed by atoms with Crippen LogP contribution in [-0.4, -0.2) is 6.79 Å². The molecule has 0 N–H and O–H groups in total. The van der Waals surface area contributed by atoms with E-state index in [9.17, 15) is 0 Å². The molecule has 0 atom stereocenters. The molecule has 0 unspecified atom stereocenters. The van der Waals surface area contributed by atoms with Crippen molar-refractivity contribution in [2.75, 3.05) is 6.79 Å². The monoisotopic (exact) mass is 356 g/mol. The van der Waals surface area contributed by atoms with Crippen molar-refractivity contribution >= 4 is 11.3 Å². The average Bonchev–Trinajstić information content (AvgIpc) is 3.15. The van der Waals surface area contributed by atoms with Crippen molar-refractivity contribution < 1.29 is 14.2 Å². The first-order valence-corrected chi connectivity index (χ1v) is 9.12. The molecule has 0 spiro atoms. The Morgan fingerprint density at radius 3 is 2.00 bits per heavy atom. The van der Waals surface area contributed by atoms with Crippen LogP contribution in [0.4, 0.5) is 0 Å². The fourth-order valence-corrected chi connectivity index (χ4v) is 3.81. The summed E-state index contributed by atoms with van der Waals surface area (Å²) in [5, 5.41) is 0. The molecule has 0 saturated carbocycles. The molecule has 3 aromatic rings. The highest BCUT2D eigenvalue weighted by atomic mass is 16.7. The van der Waals surface area contributed by atoms with Crippen molar-refractivity contribution in [1.29, 1.82) is 0 Å². The van der Waals surface area contributed by atoms with E-state index in [1.54, 1.807) is 0 Å². The van der Waals surface area contributed by atoms with Gasteiger partial charge in [-0.05, 0) is 37.1 Å². The average molecular weight is 356 g/mol. The van der Waals surface area contributed by atoms with Crippen molar-refractivity contribution in [3.63, 3.8) is 0 Å².